The van der Waals surface area contributed by atoms with E-state index in [1.54, 1.807) is 22.7 Å². The molecule has 0 aliphatic heterocycles. The van der Waals surface area contributed by atoms with E-state index in [-0.39, 0.29) is 11.9 Å². The Kier molecular flexibility index (Phi) is 5.64. The molecular weight excluding hydrogens is 390 g/mol. The molecule has 0 saturated heterocycles. The van der Waals surface area contributed by atoms with E-state index in [1.807, 2.05) is 34.3 Å². The Morgan fingerprint density at radius 3 is 2.75 bits per heavy atom. The minimum absolute atomic E-state index is 0.0470. The smallest absolute Gasteiger partial charge is 0.227 e. The quantitative estimate of drug-likeness (QED) is 0.466. The van der Waals surface area contributed by atoms with Crippen LogP contribution in [-0.2, 0) is 11.2 Å². The molecule has 0 aliphatic rings. The summed E-state index contributed by atoms with van der Waals surface area (Å²) in [6, 6.07) is 14.1. The van der Waals surface area contributed by atoms with Gasteiger partial charge in [0.25, 0.3) is 0 Å². The zero-order chi connectivity index (χ0) is 19.3. The summed E-state index contributed by atoms with van der Waals surface area (Å²) in [5.41, 5.74) is 3.19. The molecule has 1 atom stereocenters. The van der Waals surface area contributed by atoms with Gasteiger partial charge in [0.1, 0.15) is 0 Å². The first-order valence-electron chi connectivity index (χ1n) is 8.93. The van der Waals surface area contributed by atoms with Crippen LogP contribution in [0.1, 0.15) is 34.4 Å². The maximum Gasteiger partial charge on any atom is 0.227 e. The van der Waals surface area contributed by atoms with E-state index < -0.39 is 0 Å². The Bertz CT molecular complexity index is 1020. The van der Waals surface area contributed by atoms with E-state index in [0.717, 1.165) is 16.0 Å². The summed E-state index contributed by atoms with van der Waals surface area (Å²) in [4.78, 5) is 18.1. The zero-order valence-electron chi connectivity index (χ0n) is 15.3. The van der Waals surface area contributed by atoms with Crippen LogP contribution in [0.25, 0.3) is 11.4 Å². The van der Waals surface area contributed by atoms with Crippen LogP contribution in [0.5, 0.6) is 0 Å². The lowest BCUT2D eigenvalue weighted by Gasteiger charge is -2.18. The molecule has 4 aromatic rings. The number of nitrogens with one attached hydrogen (secondary N) is 1. The highest BCUT2D eigenvalue weighted by atomic mass is 32.1. The van der Waals surface area contributed by atoms with Crippen LogP contribution in [0.15, 0.2) is 63.1 Å². The third-order valence-corrected chi connectivity index (χ3v) is 5.98. The van der Waals surface area contributed by atoms with Gasteiger partial charge in [-0.25, -0.2) is 0 Å². The average Bonchev–Trinajstić information content (AvgIpc) is 3.47. The molecule has 7 heteroatoms. The van der Waals surface area contributed by atoms with Gasteiger partial charge < -0.3 is 9.84 Å². The molecule has 1 N–H and O–H groups in total. The van der Waals surface area contributed by atoms with E-state index >= 15 is 0 Å². The summed E-state index contributed by atoms with van der Waals surface area (Å²) in [7, 11) is 0. The molecular formula is C21H19N3O2S2. The molecule has 1 amide bonds. The van der Waals surface area contributed by atoms with Crippen molar-refractivity contribution in [2.45, 2.75) is 25.8 Å². The topological polar surface area (TPSA) is 68.0 Å². The van der Waals surface area contributed by atoms with Gasteiger partial charge in [0.05, 0.1) is 6.04 Å². The molecule has 0 bridgehead atoms. The van der Waals surface area contributed by atoms with Crippen LogP contribution in [0.4, 0.5) is 0 Å². The third-order valence-electron chi connectivity index (χ3n) is 4.36. The van der Waals surface area contributed by atoms with Crippen molar-refractivity contribution >= 4 is 28.6 Å². The van der Waals surface area contributed by atoms with Gasteiger partial charge in [-0.15, -0.1) is 11.3 Å². The van der Waals surface area contributed by atoms with Gasteiger partial charge in [0.15, 0.2) is 0 Å². The fourth-order valence-corrected chi connectivity index (χ4v) is 4.29. The van der Waals surface area contributed by atoms with Gasteiger partial charge in [-0.05, 0) is 35.4 Å². The number of amides is 1. The first kappa shape index (κ1) is 18.6. The van der Waals surface area contributed by atoms with E-state index in [2.05, 4.69) is 46.6 Å². The summed E-state index contributed by atoms with van der Waals surface area (Å²) < 4.78 is 5.28. The van der Waals surface area contributed by atoms with Crippen molar-refractivity contribution in [1.82, 2.24) is 15.5 Å². The first-order chi connectivity index (χ1) is 13.7. The van der Waals surface area contributed by atoms with E-state index in [1.165, 1.54) is 5.56 Å². The fourth-order valence-electron chi connectivity index (χ4n) is 2.85. The van der Waals surface area contributed by atoms with Crippen LogP contribution in [0, 0.1) is 6.92 Å². The number of thiophene rings is 2. The molecule has 0 radical (unpaired) electrons. The Balaban J connectivity index is 1.41. The number of carbonyl (C=O) groups excluding carboxylic acids is 1. The molecule has 1 aromatic carbocycles. The number of hydrogen-bond acceptors (Lipinski definition) is 6. The van der Waals surface area contributed by atoms with Crippen LogP contribution in [0.2, 0.25) is 0 Å². The average molecular weight is 410 g/mol. The molecule has 142 valence electrons. The summed E-state index contributed by atoms with van der Waals surface area (Å²) in [5, 5.41) is 13.1. The minimum Gasteiger partial charge on any atom is -0.344 e. The molecule has 5 nitrogen and oxygen atoms in total. The van der Waals surface area contributed by atoms with Gasteiger partial charge in [-0.1, -0.05) is 41.1 Å². The third kappa shape index (κ3) is 4.37. The predicted octanol–water partition coefficient (Wildman–Crippen LogP) is 5.01. The lowest BCUT2D eigenvalue weighted by molar-refractivity contribution is -0.121. The molecule has 0 saturated carbocycles. The van der Waals surface area contributed by atoms with Gasteiger partial charge in [-0.2, -0.15) is 16.3 Å². The SMILES string of the molecule is Cc1ccc(C(NC(=O)CCc2nc(-c3ccsc3)no2)c2cccs2)cc1. The van der Waals surface area contributed by atoms with Crippen LogP contribution in [0.3, 0.4) is 0 Å². The van der Waals surface area contributed by atoms with Crippen molar-refractivity contribution in [3.63, 3.8) is 0 Å². The molecule has 28 heavy (non-hydrogen) atoms. The predicted molar refractivity (Wildman–Crippen MR) is 111 cm³/mol. The first-order valence-corrected chi connectivity index (χ1v) is 10.8. The lowest BCUT2D eigenvalue weighted by atomic mass is 10.0. The molecule has 0 fully saturated rings. The highest BCUT2D eigenvalue weighted by Gasteiger charge is 2.18. The van der Waals surface area contributed by atoms with Crippen molar-refractivity contribution in [3.05, 3.63) is 80.5 Å². The van der Waals surface area contributed by atoms with Crippen molar-refractivity contribution in [1.29, 1.82) is 0 Å². The molecule has 0 aliphatic carbocycles. The Morgan fingerprint density at radius 2 is 2.04 bits per heavy atom. The van der Waals surface area contributed by atoms with Crippen molar-refractivity contribution in [3.8, 4) is 11.4 Å². The van der Waals surface area contributed by atoms with Crippen LogP contribution in [-0.4, -0.2) is 16.0 Å². The monoisotopic (exact) mass is 409 g/mol. The van der Waals surface area contributed by atoms with Gasteiger partial charge in [-0.3, -0.25) is 4.79 Å². The number of aromatic nitrogens is 2. The Labute approximate surface area is 171 Å². The second kappa shape index (κ2) is 8.50. The number of benzene rings is 1. The Hall–Kier alpha value is -2.77. The molecule has 4 rings (SSSR count). The van der Waals surface area contributed by atoms with Crippen LogP contribution < -0.4 is 5.32 Å². The maximum atomic E-state index is 12.6. The number of rotatable bonds is 7. The number of carbonyl (C=O) groups is 1. The summed E-state index contributed by atoms with van der Waals surface area (Å²) in [5.74, 6) is 0.987. The normalized spacial score (nSPS) is 12.0. The maximum absolute atomic E-state index is 12.6. The fraction of sp³-hybridized carbons (Fsp3) is 0.190. The lowest BCUT2D eigenvalue weighted by Crippen LogP contribution is -2.29. The summed E-state index contributed by atoms with van der Waals surface area (Å²) in [6.45, 7) is 2.05. The highest BCUT2D eigenvalue weighted by molar-refractivity contribution is 7.10. The van der Waals surface area contributed by atoms with Gasteiger partial charge in [0.2, 0.25) is 17.6 Å². The van der Waals surface area contributed by atoms with Crippen molar-refractivity contribution in [2.75, 3.05) is 0 Å². The zero-order valence-corrected chi connectivity index (χ0v) is 16.9. The minimum atomic E-state index is -0.155. The Morgan fingerprint density at radius 1 is 1.18 bits per heavy atom. The largest absolute Gasteiger partial charge is 0.344 e. The van der Waals surface area contributed by atoms with Gasteiger partial charge >= 0.3 is 0 Å². The number of nitrogens with zero attached hydrogens (tertiary/aromatic N) is 2. The molecule has 3 heterocycles. The second-order valence-corrected chi connectivity index (χ2v) is 8.21. The molecule has 1 unspecified atom stereocenters. The highest BCUT2D eigenvalue weighted by Crippen LogP contribution is 2.26. The summed E-state index contributed by atoms with van der Waals surface area (Å²) in [6.07, 6.45) is 0.701. The second-order valence-electron chi connectivity index (χ2n) is 6.45. The molecule has 0 spiro atoms. The van der Waals surface area contributed by atoms with Crippen LogP contribution >= 0.6 is 22.7 Å². The standard InChI is InChI=1S/C21H19N3O2S2/c1-14-4-6-15(7-5-14)20(17-3-2-11-28-17)22-18(25)8-9-19-23-21(24-26-19)16-10-12-27-13-16/h2-7,10-13,20H,8-9H2,1H3,(H,22,25). The number of hydrogen-bond donors (Lipinski definition) is 1. The van der Waals surface area contributed by atoms with E-state index in [0.29, 0.717) is 24.6 Å². The van der Waals surface area contributed by atoms with Crippen molar-refractivity contribution < 1.29 is 9.32 Å². The van der Waals surface area contributed by atoms with E-state index in [9.17, 15) is 4.79 Å². The molecule has 3 aromatic heterocycles. The summed E-state index contributed by atoms with van der Waals surface area (Å²) >= 11 is 3.22. The number of aryl methyl sites for hydroxylation is 2. The van der Waals surface area contributed by atoms with Gasteiger partial charge in [0, 0.05) is 28.7 Å². The van der Waals surface area contributed by atoms with E-state index in [4.69, 9.17) is 4.52 Å². The van der Waals surface area contributed by atoms with Crippen molar-refractivity contribution in [2.24, 2.45) is 0 Å².